The lowest BCUT2D eigenvalue weighted by Gasteiger charge is -1.88. The summed E-state index contributed by atoms with van der Waals surface area (Å²) >= 11 is 3.26. The molecule has 2 aromatic heterocycles. The summed E-state index contributed by atoms with van der Waals surface area (Å²) in [6, 6.07) is 1.69. The third-order valence-corrected chi connectivity index (χ3v) is 3.39. The third-order valence-electron chi connectivity index (χ3n) is 1.50. The van der Waals surface area contributed by atoms with Crippen molar-refractivity contribution in [1.82, 2.24) is 0 Å². The number of aryl methyl sites for hydroxylation is 1. The van der Waals surface area contributed by atoms with E-state index in [1.165, 1.54) is 0 Å². The molecule has 15 heavy (non-hydrogen) atoms. The van der Waals surface area contributed by atoms with Crippen molar-refractivity contribution < 1.29 is 0 Å². The first-order valence-electron chi connectivity index (χ1n) is 5.24. The van der Waals surface area contributed by atoms with Gasteiger partial charge in [0.2, 0.25) is 0 Å². The van der Waals surface area contributed by atoms with E-state index in [0.29, 0.717) is 0 Å². The molecule has 0 aliphatic heterocycles. The molecule has 3 heteroatoms. The Balaban J connectivity index is 0.000000442. The topological polar surface area (TPSA) is 17.1 Å². The fourth-order valence-corrected chi connectivity index (χ4v) is 2.92. The molecule has 0 saturated heterocycles. The number of fused-ring (bicyclic) bond motifs is 1. The minimum atomic E-state index is 0.150. The Morgan fingerprint density at radius 2 is 1.67 bits per heavy atom. The Morgan fingerprint density at radius 1 is 1.07 bits per heavy atom. The van der Waals surface area contributed by atoms with Crippen LogP contribution >= 0.6 is 22.7 Å². The van der Waals surface area contributed by atoms with Crippen molar-refractivity contribution in [3.05, 3.63) is 31.9 Å². The molecule has 0 atom stereocenters. The maximum Gasteiger partial charge on any atom is 0.189 e. The van der Waals surface area contributed by atoms with E-state index >= 15 is 0 Å². The zero-order chi connectivity index (χ0) is 11.8. The molecule has 1 nitrogen and oxygen atoms in total. The molecule has 0 saturated carbocycles. The Labute approximate surface area is 99.4 Å². The van der Waals surface area contributed by atoms with Crippen molar-refractivity contribution in [3.63, 3.8) is 0 Å². The molecule has 2 aromatic rings. The van der Waals surface area contributed by atoms with Gasteiger partial charge in [0.15, 0.2) is 5.43 Å². The Hall–Kier alpha value is -0.670. The van der Waals surface area contributed by atoms with Crippen molar-refractivity contribution >= 4 is 32.8 Å². The van der Waals surface area contributed by atoms with Gasteiger partial charge in [0.25, 0.3) is 0 Å². The van der Waals surface area contributed by atoms with Gasteiger partial charge in [-0.25, -0.2) is 0 Å². The van der Waals surface area contributed by atoms with Crippen molar-refractivity contribution in [1.29, 1.82) is 0 Å². The molecule has 0 spiro atoms. The van der Waals surface area contributed by atoms with Crippen LogP contribution in [-0.2, 0) is 0 Å². The van der Waals surface area contributed by atoms with E-state index in [-0.39, 0.29) is 5.43 Å². The summed E-state index contributed by atoms with van der Waals surface area (Å²) in [5.41, 5.74) is 0.150. The predicted octanol–water partition coefficient (Wildman–Crippen LogP) is 4.68. The summed E-state index contributed by atoms with van der Waals surface area (Å²) in [5, 5.41) is 4.80. The minimum absolute atomic E-state index is 0.150. The van der Waals surface area contributed by atoms with Crippen molar-refractivity contribution in [2.75, 3.05) is 0 Å². The summed E-state index contributed by atoms with van der Waals surface area (Å²) in [4.78, 5) is 12.4. The van der Waals surface area contributed by atoms with Gasteiger partial charge in [0.1, 0.15) is 0 Å². The van der Waals surface area contributed by atoms with Gasteiger partial charge in [-0.15, -0.1) is 11.3 Å². The van der Waals surface area contributed by atoms with Crippen LogP contribution in [0.4, 0.5) is 0 Å². The molecular weight excluding hydrogens is 224 g/mol. The minimum Gasteiger partial charge on any atom is -0.289 e. The normalized spacial score (nSPS) is 8.60. The highest BCUT2D eigenvalue weighted by atomic mass is 32.1. The van der Waals surface area contributed by atoms with Gasteiger partial charge in [-0.1, -0.05) is 27.7 Å². The SMILES string of the molecule is CC.CC.Cc1cc(=O)c2cscc2s1. The summed E-state index contributed by atoms with van der Waals surface area (Å²) in [7, 11) is 0. The highest BCUT2D eigenvalue weighted by Crippen LogP contribution is 2.21. The van der Waals surface area contributed by atoms with Crippen LogP contribution in [0.3, 0.4) is 0 Å². The Bertz CT molecular complexity index is 440. The van der Waals surface area contributed by atoms with Gasteiger partial charge in [0, 0.05) is 25.7 Å². The van der Waals surface area contributed by atoms with Crippen LogP contribution < -0.4 is 5.43 Å². The van der Waals surface area contributed by atoms with E-state index in [4.69, 9.17) is 0 Å². The Kier molecular flexibility index (Phi) is 7.26. The van der Waals surface area contributed by atoms with Crippen LogP contribution in [-0.4, -0.2) is 0 Å². The lowest BCUT2D eigenvalue weighted by molar-refractivity contribution is 1.50. The lowest BCUT2D eigenvalue weighted by atomic mass is 10.3. The molecule has 0 unspecified atom stereocenters. The zero-order valence-electron chi connectivity index (χ0n) is 9.96. The number of rotatable bonds is 0. The van der Waals surface area contributed by atoms with E-state index in [9.17, 15) is 4.79 Å². The molecule has 2 heterocycles. The van der Waals surface area contributed by atoms with Crippen LogP contribution in [0.1, 0.15) is 32.6 Å². The van der Waals surface area contributed by atoms with E-state index in [0.717, 1.165) is 15.0 Å². The van der Waals surface area contributed by atoms with Crippen molar-refractivity contribution in [3.8, 4) is 0 Å². The first-order valence-corrected chi connectivity index (χ1v) is 7.00. The summed E-state index contributed by atoms with van der Waals surface area (Å²) in [6.07, 6.45) is 0. The van der Waals surface area contributed by atoms with E-state index < -0.39 is 0 Å². The van der Waals surface area contributed by atoms with Crippen molar-refractivity contribution in [2.24, 2.45) is 0 Å². The predicted molar refractivity (Wildman–Crippen MR) is 73.4 cm³/mol. The maximum absolute atomic E-state index is 11.3. The van der Waals surface area contributed by atoms with Crippen LogP contribution in [0.5, 0.6) is 0 Å². The van der Waals surface area contributed by atoms with Gasteiger partial charge in [-0.2, -0.15) is 11.3 Å². The van der Waals surface area contributed by atoms with Crippen molar-refractivity contribution in [2.45, 2.75) is 34.6 Å². The number of hydrogen-bond donors (Lipinski definition) is 0. The highest BCUT2D eigenvalue weighted by Gasteiger charge is 1.99. The molecule has 0 aromatic carbocycles. The molecule has 0 bridgehead atoms. The fourth-order valence-electron chi connectivity index (χ4n) is 1.01. The van der Waals surface area contributed by atoms with Crippen LogP contribution in [0.15, 0.2) is 21.6 Å². The van der Waals surface area contributed by atoms with Gasteiger partial charge in [-0.05, 0) is 13.0 Å². The van der Waals surface area contributed by atoms with Gasteiger partial charge < -0.3 is 0 Å². The lowest BCUT2D eigenvalue weighted by Crippen LogP contribution is -1.95. The maximum atomic E-state index is 11.3. The summed E-state index contributed by atoms with van der Waals surface area (Å²) < 4.78 is 1.11. The second-order valence-electron chi connectivity index (χ2n) is 2.37. The smallest absolute Gasteiger partial charge is 0.189 e. The average Bonchev–Trinajstić information content (AvgIpc) is 2.72. The molecule has 84 valence electrons. The second kappa shape index (κ2) is 7.60. The fraction of sp³-hybridized carbons (Fsp3) is 0.417. The quantitative estimate of drug-likeness (QED) is 0.655. The summed E-state index contributed by atoms with van der Waals surface area (Å²) in [5.74, 6) is 0. The molecule has 0 N–H and O–H groups in total. The molecule has 2 rings (SSSR count). The first-order chi connectivity index (χ1) is 7.27. The van der Waals surface area contributed by atoms with E-state index in [1.807, 2.05) is 45.4 Å². The van der Waals surface area contributed by atoms with Crippen LogP contribution in [0, 0.1) is 6.92 Å². The standard InChI is InChI=1S/C8H6OS2.2C2H6/c1-5-2-7(9)6-3-10-4-8(6)11-5;2*1-2/h2-4H,1H3;2*1-2H3. The monoisotopic (exact) mass is 242 g/mol. The van der Waals surface area contributed by atoms with Crippen LogP contribution in [0.25, 0.3) is 10.1 Å². The average molecular weight is 242 g/mol. The summed E-state index contributed by atoms with van der Waals surface area (Å²) in [6.45, 7) is 9.96. The Morgan fingerprint density at radius 3 is 2.27 bits per heavy atom. The molecule has 0 radical (unpaired) electrons. The van der Waals surface area contributed by atoms with E-state index in [2.05, 4.69) is 0 Å². The molecule has 0 fully saturated rings. The van der Waals surface area contributed by atoms with Gasteiger partial charge in [-0.3, -0.25) is 4.79 Å². The van der Waals surface area contributed by atoms with Crippen LogP contribution in [0.2, 0.25) is 0 Å². The molecule has 0 aliphatic rings. The highest BCUT2D eigenvalue weighted by molar-refractivity contribution is 7.21. The second-order valence-corrected chi connectivity index (χ2v) is 4.40. The van der Waals surface area contributed by atoms with E-state index in [1.54, 1.807) is 28.7 Å². The van der Waals surface area contributed by atoms with Gasteiger partial charge in [0.05, 0.1) is 0 Å². The molecule has 0 amide bonds. The first kappa shape index (κ1) is 14.3. The largest absolute Gasteiger partial charge is 0.289 e. The third kappa shape index (κ3) is 3.76. The number of hydrogen-bond acceptors (Lipinski definition) is 3. The molecular formula is C12H18OS2. The van der Waals surface area contributed by atoms with Gasteiger partial charge >= 0.3 is 0 Å². The molecule has 0 aliphatic carbocycles. The number of thiophene rings is 1. The zero-order valence-corrected chi connectivity index (χ0v) is 11.6.